The first-order chi connectivity index (χ1) is 39.8. The minimum absolute atomic E-state index is 0.0680. The highest BCUT2D eigenvalue weighted by Crippen LogP contribution is 2.17. The van der Waals surface area contributed by atoms with E-state index in [4.69, 9.17) is 9.47 Å². The molecule has 84 heavy (non-hydrogen) atoms. The van der Waals surface area contributed by atoms with Gasteiger partial charge in [-0.3, -0.25) is 24.0 Å². The molecule has 0 atom stereocenters. The zero-order valence-corrected chi connectivity index (χ0v) is 59.1. The number of carbonyl (C=O) groups is 5. The lowest BCUT2D eigenvalue weighted by Gasteiger charge is -2.20. The molecule has 0 radical (unpaired) electrons. The Hall–Kier alpha value is -4.47. The molecular formula is C69H136F2N4O9. The van der Waals surface area contributed by atoms with Gasteiger partial charge in [0.1, 0.15) is 0 Å². The Morgan fingerprint density at radius 1 is 0.488 bits per heavy atom. The molecule has 0 saturated heterocycles. The van der Waals surface area contributed by atoms with Gasteiger partial charge >= 0.3 is 12.1 Å². The van der Waals surface area contributed by atoms with E-state index in [1.807, 2.05) is 82.1 Å². The molecule has 0 bridgehead atoms. The highest BCUT2D eigenvalue weighted by molar-refractivity contribution is 5.91. The van der Waals surface area contributed by atoms with E-state index in [1.54, 1.807) is 37.6 Å². The summed E-state index contributed by atoms with van der Waals surface area (Å²) in [5.41, 5.74) is 3.26. The molecule has 13 nitrogen and oxygen atoms in total. The number of carbonyl (C=O) groups excluding carboxylic acids is 5. The monoisotopic (exact) mass is 1200 g/mol. The largest absolute Gasteiger partial charge is 0.466 e. The number of nitrogens with zero attached hydrogens (tertiary/aromatic N) is 3. The number of unbranched alkanes of at least 4 members (excludes halogenated alkanes) is 7. The smallest absolute Gasteiger partial charge is 0.352 e. The fourth-order valence-electron chi connectivity index (χ4n) is 5.13. The van der Waals surface area contributed by atoms with Crippen LogP contribution in [0.4, 0.5) is 20.2 Å². The highest BCUT2D eigenvalue weighted by Gasteiger charge is 2.20. The Morgan fingerprint density at radius 2 is 0.929 bits per heavy atom. The van der Waals surface area contributed by atoms with E-state index in [0.29, 0.717) is 13.0 Å². The molecule has 2 rings (SSSR count). The van der Waals surface area contributed by atoms with Crippen LogP contribution >= 0.6 is 0 Å². The maximum absolute atomic E-state index is 11.8. The summed E-state index contributed by atoms with van der Waals surface area (Å²) in [6, 6.07) is 17.9. The van der Waals surface area contributed by atoms with Gasteiger partial charge in [-0.15, -0.1) is 0 Å². The van der Waals surface area contributed by atoms with Crippen LogP contribution in [0.25, 0.3) is 0 Å². The number of hydrogen-bond donors (Lipinski definition) is 1. The lowest BCUT2D eigenvalue weighted by atomic mass is 10.1. The van der Waals surface area contributed by atoms with Crippen molar-refractivity contribution in [1.82, 2.24) is 10.2 Å². The summed E-state index contributed by atoms with van der Waals surface area (Å²) in [5.74, 6) is 0.226. The number of halogens is 2. The number of benzene rings is 2. The quantitative estimate of drug-likeness (QED) is 0.0683. The van der Waals surface area contributed by atoms with Crippen molar-refractivity contribution in [2.24, 2.45) is 0 Å². The molecule has 0 aliphatic rings. The Balaban J connectivity index is -0.000000109. The SMILES string of the molecule is CCC.CCC.CCCC.CCCCN(C(C)=O)c1ccccc1.CCCCN(C)C(C)=O.CCCCNC(C)=O.CCCCOC(C)(F)F.CCCCOC(C)=O.CCCCOCC.CCCc1cccc(N(C)C(C)=O)c1.CCOCC. The van der Waals surface area contributed by atoms with Gasteiger partial charge in [0.15, 0.2) is 0 Å². The van der Waals surface area contributed by atoms with Gasteiger partial charge in [0.05, 0.1) is 13.2 Å². The Morgan fingerprint density at radius 3 is 1.29 bits per heavy atom. The normalized spacial score (nSPS) is 9.31. The zero-order chi connectivity index (χ0) is 66.8. The summed E-state index contributed by atoms with van der Waals surface area (Å²) in [5, 5.41) is 2.71. The molecule has 0 heterocycles. The molecule has 500 valence electrons. The van der Waals surface area contributed by atoms with Crippen LogP contribution in [-0.2, 0) is 49.3 Å². The van der Waals surface area contributed by atoms with Crippen molar-refractivity contribution < 1.29 is 51.7 Å². The average molecular weight is 1200 g/mol. The van der Waals surface area contributed by atoms with Crippen LogP contribution in [-0.4, -0.2) is 114 Å². The Bertz CT molecular complexity index is 1590. The maximum Gasteiger partial charge on any atom is 0.352 e. The van der Waals surface area contributed by atoms with Gasteiger partial charge in [-0.25, -0.2) is 0 Å². The van der Waals surface area contributed by atoms with Crippen molar-refractivity contribution >= 4 is 41.0 Å². The van der Waals surface area contributed by atoms with Crippen LogP contribution in [0.2, 0.25) is 0 Å². The molecule has 0 spiro atoms. The van der Waals surface area contributed by atoms with E-state index in [1.165, 1.54) is 57.9 Å². The second kappa shape index (κ2) is 82.7. The molecule has 1 N–H and O–H groups in total. The number of rotatable bonds is 27. The summed E-state index contributed by atoms with van der Waals surface area (Å²) >= 11 is 0. The minimum Gasteiger partial charge on any atom is -0.466 e. The lowest BCUT2D eigenvalue weighted by molar-refractivity contribution is -0.224. The second-order valence-corrected chi connectivity index (χ2v) is 19.4. The maximum atomic E-state index is 11.8. The number of aryl methyl sites for hydroxylation is 1. The number of para-hydroxylation sites is 1. The average Bonchev–Trinajstić information content (AvgIpc) is 3.44. The molecule has 2 aromatic carbocycles. The van der Waals surface area contributed by atoms with Gasteiger partial charge in [-0.2, -0.15) is 8.78 Å². The fraction of sp³-hybridized carbons (Fsp3) is 0.754. The number of hydrogen-bond acceptors (Lipinski definition) is 9. The van der Waals surface area contributed by atoms with Gasteiger partial charge in [-0.1, -0.05) is 191 Å². The summed E-state index contributed by atoms with van der Waals surface area (Å²) < 4.78 is 42.3. The van der Waals surface area contributed by atoms with E-state index < -0.39 is 6.11 Å². The van der Waals surface area contributed by atoms with Crippen LogP contribution in [0.15, 0.2) is 54.6 Å². The standard InChI is InChI=1S/2C12H17NO.C7H15NO.C6H12F2O.C6H13NO.C6H12O2.C6H14O.C4H10O.C4H10.2C3H8/c1-4-6-11-7-5-8-12(9-11)13(3)10(2)14;1-3-4-10-13(11(2)14)12-8-6-5-7-9-12;1-4-5-6-8(3)7(2)9;1-3-4-5-9-6(2,7)8;1-3-4-5-7-6(2)8;1-3-4-5-8-6(2)7;1-3-5-6-7-4-2;1-3-5-4-2;1-3-4-2;2*1-3-2/h5,7-9H,4,6H2,1-3H3;5-9H,3-4,10H2,1-2H3;4-6H2,1-3H3;3-5H2,1-2H3;3-5H2,1-2H3,(H,7,8);3-5H2,1-2H3;3-6H2,1-2H3;3-4H2,1-2H3;3-4H2,1-2H3;2*3H2,1-2H3. The predicted molar refractivity (Wildman–Crippen MR) is 360 cm³/mol. The van der Waals surface area contributed by atoms with Gasteiger partial charge in [-0.05, 0) is 95.5 Å². The summed E-state index contributed by atoms with van der Waals surface area (Å²) in [6.45, 7) is 48.8. The topological polar surface area (TPSA) is 144 Å². The first-order valence-corrected chi connectivity index (χ1v) is 32.2. The van der Waals surface area contributed by atoms with Gasteiger partial charge in [0.25, 0.3) is 0 Å². The first-order valence-electron chi connectivity index (χ1n) is 32.2. The van der Waals surface area contributed by atoms with Crippen LogP contribution in [0.5, 0.6) is 0 Å². The Labute approximate surface area is 518 Å². The molecule has 0 unspecified atom stereocenters. The third kappa shape index (κ3) is 99.6. The summed E-state index contributed by atoms with van der Waals surface area (Å²) in [6.07, 6.45) is 17.1. The molecule has 0 saturated carbocycles. The van der Waals surface area contributed by atoms with Gasteiger partial charge in [0, 0.05) is 113 Å². The van der Waals surface area contributed by atoms with Crippen LogP contribution in [0.3, 0.4) is 0 Å². The van der Waals surface area contributed by atoms with Crippen molar-refractivity contribution in [2.45, 2.75) is 274 Å². The fourth-order valence-corrected chi connectivity index (χ4v) is 5.13. The molecule has 15 heteroatoms. The first kappa shape index (κ1) is 98.6. The number of nitrogens with one attached hydrogen (secondary N) is 1. The molecular weight excluding hydrogens is 1070 g/mol. The lowest BCUT2D eigenvalue weighted by Crippen LogP contribution is -2.29. The zero-order valence-electron chi connectivity index (χ0n) is 59.1. The molecule has 0 fully saturated rings. The van der Waals surface area contributed by atoms with E-state index in [9.17, 15) is 32.8 Å². The third-order valence-electron chi connectivity index (χ3n) is 10.2. The van der Waals surface area contributed by atoms with Crippen molar-refractivity contribution in [3.63, 3.8) is 0 Å². The number of esters is 1. The van der Waals surface area contributed by atoms with E-state index >= 15 is 0 Å². The van der Waals surface area contributed by atoms with Crippen molar-refractivity contribution in [3.8, 4) is 0 Å². The van der Waals surface area contributed by atoms with Crippen LogP contribution in [0, 0.1) is 0 Å². The number of amides is 4. The third-order valence-corrected chi connectivity index (χ3v) is 10.2. The highest BCUT2D eigenvalue weighted by atomic mass is 19.3. The van der Waals surface area contributed by atoms with Crippen molar-refractivity contribution in [2.75, 3.05) is 83.2 Å². The predicted octanol–water partition coefficient (Wildman–Crippen LogP) is 18.9. The minimum atomic E-state index is -2.95. The molecule has 0 aliphatic heterocycles. The molecule has 0 aromatic heterocycles. The van der Waals surface area contributed by atoms with Crippen LogP contribution < -0.4 is 15.1 Å². The Kier molecular flexibility index (Phi) is 97.1. The van der Waals surface area contributed by atoms with Crippen molar-refractivity contribution in [1.29, 1.82) is 0 Å². The molecule has 4 amide bonds. The van der Waals surface area contributed by atoms with E-state index in [0.717, 1.165) is 135 Å². The molecule has 2 aromatic rings. The van der Waals surface area contributed by atoms with Crippen LogP contribution in [0.1, 0.15) is 267 Å². The van der Waals surface area contributed by atoms with Gasteiger partial charge < -0.3 is 39.0 Å². The number of alkyl halides is 2. The van der Waals surface area contributed by atoms with E-state index in [2.05, 4.69) is 110 Å². The van der Waals surface area contributed by atoms with E-state index in [-0.39, 0.29) is 36.2 Å². The summed E-state index contributed by atoms with van der Waals surface area (Å²) in [4.78, 5) is 58.6. The van der Waals surface area contributed by atoms with Crippen molar-refractivity contribution in [3.05, 3.63) is 60.2 Å². The molecule has 0 aliphatic carbocycles. The summed E-state index contributed by atoms with van der Waals surface area (Å²) in [7, 11) is 3.63. The number of ether oxygens (including phenoxy) is 4. The van der Waals surface area contributed by atoms with Gasteiger partial charge in [0.2, 0.25) is 23.6 Å². The second-order valence-electron chi connectivity index (χ2n) is 19.4. The number of anilines is 2.